The van der Waals surface area contributed by atoms with Gasteiger partial charge in [-0.25, -0.2) is 0 Å². The van der Waals surface area contributed by atoms with Gasteiger partial charge in [0, 0.05) is 18.8 Å². The van der Waals surface area contributed by atoms with Crippen LogP contribution in [0.25, 0.3) is 0 Å². The highest BCUT2D eigenvalue weighted by Crippen LogP contribution is 2.22. The van der Waals surface area contributed by atoms with Crippen molar-refractivity contribution in [3.8, 4) is 0 Å². The Kier molecular flexibility index (Phi) is 6.53. The number of rotatable bonds is 6. The monoisotopic (exact) mass is 355 g/mol. The number of thiocarbonyl (C=S) groups is 1. The fraction of sp³-hybridized carbons (Fsp3) is 0.300. The fourth-order valence-electron chi connectivity index (χ4n) is 2.34. The molecule has 2 aromatic carbocycles. The van der Waals surface area contributed by atoms with Crippen molar-refractivity contribution < 1.29 is 4.79 Å². The summed E-state index contributed by atoms with van der Waals surface area (Å²) in [6.07, 6.45) is 0.667. The predicted octanol–water partition coefficient (Wildman–Crippen LogP) is 3.72. The predicted molar refractivity (Wildman–Crippen MR) is 108 cm³/mol. The van der Waals surface area contributed by atoms with E-state index in [2.05, 4.69) is 61.0 Å². The first kappa shape index (κ1) is 18.9. The van der Waals surface area contributed by atoms with Gasteiger partial charge in [0.15, 0.2) is 5.11 Å². The molecule has 0 aliphatic heterocycles. The standard InChI is InChI=1S/C20H25N3OS/c1-20(2,3)17-8-4-15(5-9-17)12-21-19(25)22-13-16-6-10-18(11-7-16)23-14-24/h4-11,14H,12-13H2,1-3H3,(H,23,24)(H2,21,22,25). The summed E-state index contributed by atoms with van der Waals surface area (Å²) < 4.78 is 0. The van der Waals surface area contributed by atoms with Gasteiger partial charge in [-0.05, 0) is 46.5 Å². The average Bonchev–Trinajstić information content (AvgIpc) is 2.59. The minimum absolute atomic E-state index is 0.166. The van der Waals surface area contributed by atoms with Crippen LogP contribution in [0.2, 0.25) is 0 Å². The third kappa shape index (κ3) is 6.19. The lowest BCUT2D eigenvalue weighted by Crippen LogP contribution is -2.34. The molecule has 0 radical (unpaired) electrons. The van der Waals surface area contributed by atoms with Gasteiger partial charge in [-0.1, -0.05) is 57.2 Å². The second-order valence-corrected chi connectivity index (χ2v) is 7.35. The molecule has 0 atom stereocenters. The zero-order chi connectivity index (χ0) is 18.3. The fourth-order valence-corrected chi connectivity index (χ4v) is 2.48. The lowest BCUT2D eigenvalue weighted by molar-refractivity contribution is -0.105. The molecule has 0 aliphatic rings. The summed E-state index contributed by atoms with van der Waals surface area (Å²) in [5, 5.41) is 9.64. The van der Waals surface area contributed by atoms with Crippen molar-refractivity contribution in [2.45, 2.75) is 39.3 Å². The SMILES string of the molecule is CC(C)(C)c1ccc(CNC(=S)NCc2ccc(NC=O)cc2)cc1. The number of hydrogen-bond donors (Lipinski definition) is 3. The lowest BCUT2D eigenvalue weighted by Gasteiger charge is -2.19. The summed E-state index contributed by atoms with van der Waals surface area (Å²) in [6.45, 7) is 7.96. The Hall–Kier alpha value is -2.40. The van der Waals surface area contributed by atoms with Crippen LogP contribution in [0.1, 0.15) is 37.5 Å². The van der Waals surface area contributed by atoms with E-state index in [1.807, 2.05) is 24.3 Å². The molecule has 3 N–H and O–H groups in total. The van der Waals surface area contributed by atoms with E-state index in [1.165, 1.54) is 11.1 Å². The lowest BCUT2D eigenvalue weighted by atomic mass is 9.87. The maximum atomic E-state index is 10.4. The Balaban J connectivity index is 1.77. The van der Waals surface area contributed by atoms with Gasteiger partial charge in [0.2, 0.25) is 6.41 Å². The molecule has 0 spiro atoms. The van der Waals surface area contributed by atoms with Gasteiger partial charge in [0.1, 0.15) is 0 Å². The number of anilines is 1. The number of benzene rings is 2. The smallest absolute Gasteiger partial charge is 0.211 e. The highest BCUT2D eigenvalue weighted by Gasteiger charge is 2.12. The van der Waals surface area contributed by atoms with Gasteiger partial charge in [0.25, 0.3) is 0 Å². The van der Waals surface area contributed by atoms with Crippen LogP contribution in [-0.2, 0) is 23.3 Å². The van der Waals surface area contributed by atoms with Crippen molar-refractivity contribution >= 4 is 29.4 Å². The molecule has 25 heavy (non-hydrogen) atoms. The van der Waals surface area contributed by atoms with E-state index in [1.54, 1.807) is 0 Å². The van der Waals surface area contributed by atoms with Crippen molar-refractivity contribution in [2.75, 3.05) is 5.32 Å². The maximum Gasteiger partial charge on any atom is 0.211 e. The highest BCUT2D eigenvalue weighted by molar-refractivity contribution is 7.80. The van der Waals surface area contributed by atoms with Gasteiger partial charge in [0.05, 0.1) is 0 Å². The van der Waals surface area contributed by atoms with Crippen LogP contribution < -0.4 is 16.0 Å². The van der Waals surface area contributed by atoms with Crippen molar-refractivity contribution in [2.24, 2.45) is 0 Å². The van der Waals surface area contributed by atoms with Gasteiger partial charge in [-0.3, -0.25) is 4.79 Å². The van der Waals surface area contributed by atoms with Gasteiger partial charge < -0.3 is 16.0 Å². The quantitative estimate of drug-likeness (QED) is 0.546. The van der Waals surface area contributed by atoms with Crippen molar-refractivity contribution in [1.29, 1.82) is 0 Å². The first-order chi connectivity index (χ1) is 11.9. The number of carbonyl (C=O) groups is 1. The molecule has 0 fully saturated rings. The summed E-state index contributed by atoms with van der Waals surface area (Å²) in [4.78, 5) is 10.4. The van der Waals surface area contributed by atoms with E-state index in [9.17, 15) is 4.79 Å². The number of nitrogens with one attached hydrogen (secondary N) is 3. The van der Waals surface area contributed by atoms with Crippen molar-refractivity contribution in [3.63, 3.8) is 0 Å². The van der Waals surface area contributed by atoms with E-state index < -0.39 is 0 Å². The van der Waals surface area contributed by atoms with E-state index in [-0.39, 0.29) is 5.41 Å². The average molecular weight is 356 g/mol. The maximum absolute atomic E-state index is 10.4. The molecule has 5 heteroatoms. The zero-order valence-electron chi connectivity index (χ0n) is 14.9. The second-order valence-electron chi connectivity index (χ2n) is 6.94. The van der Waals surface area contributed by atoms with Crippen LogP contribution in [-0.4, -0.2) is 11.5 Å². The molecule has 0 saturated heterocycles. The molecule has 0 heterocycles. The molecule has 0 unspecified atom stereocenters. The Morgan fingerprint density at radius 1 is 0.920 bits per heavy atom. The Morgan fingerprint density at radius 2 is 1.40 bits per heavy atom. The van der Waals surface area contributed by atoms with Crippen molar-refractivity contribution in [3.05, 3.63) is 65.2 Å². The third-order valence-corrected chi connectivity index (χ3v) is 4.19. The summed E-state index contributed by atoms with van der Waals surface area (Å²) in [6, 6.07) is 16.2. The van der Waals surface area contributed by atoms with Gasteiger partial charge in [-0.15, -0.1) is 0 Å². The van der Waals surface area contributed by atoms with E-state index in [0.29, 0.717) is 24.6 Å². The van der Waals surface area contributed by atoms with Gasteiger partial charge in [-0.2, -0.15) is 0 Å². The largest absolute Gasteiger partial charge is 0.359 e. The molecule has 132 valence electrons. The number of hydrogen-bond acceptors (Lipinski definition) is 2. The molecular weight excluding hydrogens is 330 g/mol. The summed E-state index contributed by atoms with van der Waals surface area (Å²) in [7, 11) is 0. The first-order valence-corrected chi connectivity index (χ1v) is 8.69. The first-order valence-electron chi connectivity index (χ1n) is 8.29. The van der Waals surface area contributed by atoms with E-state index in [4.69, 9.17) is 12.2 Å². The molecule has 2 rings (SSSR count). The van der Waals surface area contributed by atoms with Crippen molar-refractivity contribution in [1.82, 2.24) is 10.6 Å². The molecule has 0 bridgehead atoms. The van der Waals surface area contributed by atoms with Crippen LogP contribution in [0, 0.1) is 0 Å². The van der Waals surface area contributed by atoms with E-state index in [0.717, 1.165) is 11.3 Å². The van der Waals surface area contributed by atoms with Crippen LogP contribution in [0.4, 0.5) is 5.69 Å². The Morgan fingerprint density at radius 3 is 1.84 bits per heavy atom. The van der Waals surface area contributed by atoms with Gasteiger partial charge >= 0.3 is 0 Å². The van der Waals surface area contributed by atoms with Crippen LogP contribution >= 0.6 is 12.2 Å². The Labute approximate surface area is 155 Å². The van der Waals surface area contributed by atoms with Crippen LogP contribution in [0.5, 0.6) is 0 Å². The number of carbonyl (C=O) groups excluding carboxylic acids is 1. The minimum atomic E-state index is 0.166. The minimum Gasteiger partial charge on any atom is -0.359 e. The zero-order valence-corrected chi connectivity index (χ0v) is 15.7. The molecule has 0 aromatic heterocycles. The third-order valence-electron chi connectivity index (χ3n) is 3.91. The highest BCUT2D eigenvalue weighted by atomic mass is 32.1. The second kappa shape index (κ2) is 8.62. The molecule has 2 aromatic rings. The topological polar surface area (TPSA) is 53.2 Å². The summed E-state index contributed by atoms with van der Waals surface area (Å²) in [5.41, 5.74) is 4.55. The molecule has 4 nitrogen and oxygen atoms in total. The summed E-state index contributed by atoms with van der Waals surface area (Å²) >= 11 is 5.32. The molecule has 1 amide bonds. The molecule has 0 saturated carbocycles. The molecular formula is C20H25N3OS. The molecule has 0 aliphatic carbocycles. The van der Waals surface area contributed by atoms with Crippen LogP contribution in [0.3, 0.4) is 0 Å². The number of amides is 1. The Bertz CT molecular complexity index is 703. The summed E-state index contributed by atoms with van der Waals surface area (Å²) in [5.74, 6) is 0. The normalized spacial score (nSPS) is 10.8. The van der Waals surface area contributed by atoms with Crippen LogP contribution in [0.15, 0.2) is 48.5 Å². The van der Waals surface area contributed by atoms with E-state index >= 15 is 0 Å².